The summed E-state index contributed by atoms with van der Waals surface area (Å²) in [6, 6.07) is 23.4. The van der Waals surface area contributed by atoms with Crippen LogP contribution in [-0.4, -0.2) is 24.3 Å². The first kappa shape index (κ1) is 21.3. The van der Waals surface area contributed by atoms with Gasteiger partial charge in [0.2, 0.25) is 0 Å². The van der Waals surface area contributed by atoms with Gasteiger partial charge in [0.1, 0.15) is 5.75 Å². The molecule has 0 atom stereocenters. The normalized spacial score (nSPS) is 10.5. The number of carbonyl (C=O) groups is 3. The molecule has 2 amide bonds. The number of benzene rings is 3. The maximum absolute atomic E-state index is 12.3. The van der Waals surface area contributed by atoms with E-state index in [9.17, 15) is 14.4 Å². The molecular weight excluding hydrogens is 424 g/mol. The molecule has 0 saturated heterocycles. The Kier molecular flexibility index (Phi) is 6.57. The van der Waals surface area contributed by atoms with Crippen LogP contribution in [-0.2, 0) is 4.79 Å². The van der Waals surface area contributed by atoms with Crippen molar-refractivity contribution < 1.29 is 19.1 Å². The number of anilines is 1. The van der Waals surface area contributed by atoms with Crippen molar-refractivity contribution in [3.8, 4) is 5.75 Å². The molecule has 0 fully saturated rings. The minimum atomic E-state index is -0.459. The number of nitrogens with one attached hydrogen (secondary N) is 2. The summed E-state index contributed by atoms with van der Waals surface area (Å²) < 4.78 is 5.29. The van der Waals surface area contributed by atoms with Crippen LogP contribution in [0.25, 0.3) is 10.8 Å². The van der Waals surface area contributed by atoms with E-state index in [4.69, 9.17) is 4.74 Å². The highest BCUT2D eigenvalue weighted by Crippen LogP contribution is 2.18. The van der Waals surface area contributed by atoms with Crippen molar-refractivity contribution in [2.45, 2.75) is 6.42 Å². The topological polar surface area (TPSA) is 84.5 Å². The first-order chi connectivity index (χ1) is 15.6. The minimum Gasteiger partial charge on any atom is -0.426 e. The Hall–Kier alpha value is -3.97. The molecule has 7 heteroatoms. The van der Waals surface area contributed by atoms with E-state index >= 15 is 0 Å². The van der Waals surface area contributed by atoms with Gasteiger partial charge in [-0.25, -0.2) is 0 Å². The standard InChI is InChI=1S/C25H20N2O4S/c28-23(13-14-26-24(29)19-8-7-17-4-1-2-5-18(17)16-19)31-21-11-9-20(10-12-21)27-25(30)22-6-3-15-32-22/h1-12,15-16H,13-14H2,(H,26,29)(H,27,30). The van der Waals surface area contributed by atoms with Crippen LogP contribution in [0.1, 0.15) is 26.5 Å². The summed E-state index contributed by atoms with van der Waals surface area (Å²) in [4.78, 5) is 37.1. The third kappa shape index (κ3) is 5.39. The molecule has 0 radical (unpaired) electrons. The molecule has 0 aliphatic heterocycles. The Morgan fingerprint density at radius 1 is 0.812 bits per heavy atom. The Morgan fingerprint density at radius 2 is 1.59 bits per heavy atom. The molecule has 4 rings (SSSR count). The fourth-order valence-corrected chi connectivity index (χ4v) is 3.72. The Labute approximate surface area is 188 Å². The van der Waals surface area contributed by atoms with E-state index in [1.807, 2.05) is 47.8 Å². The lowest BCUT2D eigenvalue weighted by molar-refractivity contribution is -0.134. The van der Waals surface area contributed by atoms with Crippen molar-refractivity contribution in [2.24, 2.45) is 0 Å². The molecule has 0 aliphatic rings. The number of rotatable bonds is 7. The van der Waals surface area contributed by atoms with E-state index in [2.05, 4.69) is 10.6 Å². The van der Waals surface area contributed by atoms with Crippen LogP contribution >= 0.6 is 11.3 Å². The highest BCUT2D eigenvalue weighted by atomic mass is 32.1. The number of ether oxygens (including phenoxy) is 1. The Bertz CT molecular complexity index is 1250. The zero-order valence-corrected chi connectivity index (χ0v) is 17.9. The van der Waals surface area contributed by atoms with E-state index in [1.165, 1.54) is 11.3 Å². The fourth-order valence-electron chi connectivity index (χ4n) is 3.10. The summed E-state index contributed by atoms with van der Waals surface area (Å²) in [5.41, 5.74) is 1.14. The van der Waals surface area contributed by atoms with Gasteiger partial charge >= 0.3 is 5.97 Å². The lowest BCUT2D eigenvalue weighted by Crippen LogP contribution is -2.27. The number of fused-ring (bicyclic) bond motifs is 1. The molecule has 160 valence electrons. The number of amides is 2. The summed E-state index contributed by atoms with van der Waals surface area (Å²) in [7, 11) is 0. The van der Waals surface area contributed by atoms with Crippen molar-refractivity contribution in [2.75, 3.05) is 11.9 Å². The quantitative estimate of drug-likeness (QED) is 0.314. The SMILES string of the molecule is O=C(CCNC(=O)c1ccc2ccccc2c1)Oc1ccc(NC(=O)c2cccs2)cc1. The second kappa shape index (κ2) is 9.89. The minimum absolute atomic E-state index is 0.0379. The lowest BCUT2D eigenvalue weighted by Gasteiger charge is -2.08. The van der Waals surface area contributed by atoms with Gasteiger partial charge in [-0.05, 0) is 58.6 Å². The molecule has 32 heavy (non-hydrogen) atoms. The van der Waals surface area contributed by atoms with Gasteiger partial charge in [0.05, 0.1) is 11.3 Å². The van der Waals surface area contributed by atoms with Crippen LogP contribution in [0.5, 0.6) is 5.75 Å². The van der Waals surface area contributed by atoms with Crippen molar-refractivity contribution in [1.29, 1.82) is 0 Å². The zero-order valence-electron chi connectivity index (χ0n) is 17.0. The predicted molar refractivity (Wildman–Crippen MR) is 125 cm³/mol. The maximum Gasteiger partial charge on any atom is 0.312 e. The second-order valence-corrected chi connectivity index (χ2v) is 7.95. The van der Waals surface area contributed by atoms with Crippen LogP contribution in [0, 0.1) is 0 Å². The summed E-state index contributed by atoms with van der Waals surface area (Å²) in [5, 5.41) is 9.40. The smallest absolute Gasteiger partial charge is 0.312 e. The second-order valence-electron chi connectivity index (χ2n) is 7.00. The molecular formula is C25H20N2O4S. The Morgan fingerprint density at radius 3 is 2.34 bits per heavy atom. The molecule has 0 spiro atoms. The van der Waals surface area contributed by atoms with Gasteiger partial charge in [-0.15, -0.1) is 11.3 Å². The zero-order chi connectivity index (χ0) is 22.3. The fraction of sp³-hybridized carbons (Fsp3) is 0.0800. The molecule has 4 aromatic rings. The monoisotopic (exact) mass is 444 g/mol. The Balaban J connectivity index is 1.23. The lowest BCUT2D eigenvalue weighted by atomic mass is 10.1. The van der Waals surface area contributed by atoms with E-state index < -0.39 is 5.97 Å². The van der Waals surface area contributed by atoms with E-state index in [1.54, 1.807) is 36.4 Å². The molecule has 0 bridgehead atoms. The van der Waals surface area contributed by atoms with Gasteiger partial charge in [-0.1, -0.05) is 36.4 Å². The van der Waals surface area contributed by atoms with Gasteiger partial charge in [0.15, 0.2) is 0 Å². The van der Waals surface area contributed by atoms with Crippen molar-refractivity contribution >= 4 is 45.6 Å². The molecule has 2 N–H and O–H groups in total. The summed E-state index contributed by atoms with van der Waals surface area (Å²) in [5.74, 6) is -0.523. The third-order valence-electron chi connectivity index (χ3n) is 4.72. The number of carbonyl (C=O) groups excluding carboxylic acids is 3. The summed E-state index contributed by atoms with van der Waals surface area (Å²) in [6.07, 6.45) is 0.0379. The van der Waals surface area contributed by atoms with Gasteiger partial charge in [0, 0.05) is 17.8 Å². The highest BCUT2D eigenvalue weighted by Gasteiger charge is 2.10. The first-order valence-corrected chi connectivity index (χ1v) is 10.9. The summed E-state index contributed by atoms with van der Waals surface area (Å²) in [6.45, 7) is 0.166. The average molecular weight is 445 g/mol. The molecule has 1 heterocycles. The largest absolute Gasteiger partial charge is 0.426 e. The van der Waals surface area contributed by atoms with Crippen molar-refractivity contribution in [3.05, 3.63) is 94.7 Å². The number of esters is 1. The molecule has 3 aromatic carbocycles. The number of hydrogen-bond donors (Lipinski definition) is 2. The van der Waals surface area contributed by atoms with E-state index in [0.29, 0.717) is 21.9 Å². The maximum atomic E-state index is 12.3. The van der Waals surface area contributed by atoms with Crippen molar-refractivity contribution in [3.63, 3.8) is 0 Å². The van der Waals surface area contributed by atoms with E-state index in [-0.39, 0.29) is 24.8 Å². The van der Waals surface area contributed by atoms with Crippen LogP contribution in [0.15, 0.2) is 84.2 Å². The highest BCUT2D eigenvalue weighted by molar-refractivity contribution is 7.12. The van der Waals surface area contributed by atoms with Gasteiger partial charge < -0.3 is 15.4 Å². The molecule has 1 aromatic heterocycles. The van der Waals surface area contributed by atoms with Crippen LogP contribution < -0.4 is 15.4 Å². The van der Waals surface area contributed by atoms with Crippen molar-refractivity contribution in [1.82, 2.24) is 5.32 Å². The van der Waals surface area contributed by atoms with Crippen LogP contribution in [0.3, 0.4) is 0 Å². The van der Waals surface area contributed by atoms with Crippen LogP contribution in [0.4, 0.5) is 5.69 Å². The van der Waals surface area contributed by atoms with E-state index in [0.717, 1.165) is 10.8 Å². The number of thiophene rings is 1. The average Bonchev–Trinajstić information content (AvgIpc) is 3.35. The van der Waals surface area contributed by atoms with Crippen LogP contribution in [0.2, 0.25) is 0 Å². The molecule has 6 nitrogen and oxygen atoms in total. The number of hydrogen-bond acceptors (Lipinski definition) is 5. The van der Waals surface area contributed by atoms with Gasteiger partial charge in [0.25, 0.3) is 11.8 Å². The molecule has 0 saturated carbocycles. The summed E-state index contributed by atoms with van der Waals surface area (Å²) >= 11 is 1.36. The predicted octanol–water partition coefficient (Wildman–Crippen LogP) is 4.88. The first-order valence-electron chi connectivity index (χ1n) is 10.0. The molecule has 0 unspecified atom stereocenters. The van der Waals surface area contributed by atoms with Gasteiger partial charge in [-0.2, -0.15) is 0 Å². The third-order valence-corrected chi connectivity index (χ3v) is 5.58. The molecule has 0 aliphatic carbocycles. The van der Waals surface area contributed by atoms with Gasteiger partial charge in [-0.3, -0.25) is 14.4 Å².